The topological polar surface area (TPSA) is 105 Å². The number of anilines is 1. The number of methoxy groups -OCH3 is 1. The third kappa shape index (κ3) is 3.50. The fourth-order valence-electron chi connectivity index (χ4n) is 3.60. The van der Waals surface area contributed by atoms with Crippen LogP contribution in [0.1, 0.15) is 54.4 Å². The van der Waals surface area contributed by atoms with Crippen molar-refractivity contribution in [3.05, 3.63) is 16.0 Å². The van der Waals surface area contributed by atoms with Gasteiger partial charge in [-0.1, -0.05) is 13.8 Å². The number of hydrogen-bond donors (Lipinski definition) is 2. The molecule has 1 fully saturated rings. The second-order valence-corrected chi connectivity index (χ2v) is 8.71. The van der Waals surface area contributed by atoms with Crippen LogP contribution in [0.3, 0.4) is 0 Å². The number of imide groups is 1. The van der Waals surface area contributed by atoms with E-state index in [2.05, 4.69) is 17.6 Å². The highest BCUT2D eigenvalue weighted by Gasteiger charge is 2.47. The molecular weight excluding hydrogens is 382 g/mol. The minimum Gasteiger partial charge on any atom is -0.465 e. The molecule has 0 saturated carbocycles. The molecule has 0 bridgehead atoms. The Balaban J connectivity index is 1.80. The van der Waals surface area contributed by atoms with Gasteiger partial charge in [-0.05, 0) is 44.1 Å². The number of urea groups is 1. The smallest absolute Gasteiger partial charge is 0.341 e. The molecule has 1 aliphatic carbocycles. The van der Waals surface area contributed by atoms with E-state index in [9.17, 15) is 19.2 Å². The summed E-state index contributed by atoms with van der Waals surface area (Å²) in [4.78, 5) is 51.4. The third-order valence-corrected chi connectivity index (χ3v) is 6.68. The molecule has 4 amide bonds. The van der Waals surface area contributed by atoms with E-state index in [-0.39, 0.29) is 0 Å². The Morgan fingerprint density at radius 2 is 2.11 bits per heavy atom. The molecule has 2 heterocycles. The number of amides is 4. The molecule has 2 aliphatic rings. The van der Waals surface area contributed by atoms with Crippen molar-refractivity contribution in [2.75, 3.05) is 19.0 Å². The van der Waals surface area contributed by atoms with Gasteiger partial charge in [0.15, 0.2) is 0 Å². The number of nitrogens with zero attached hydrogens (tertiary/aromatic N) is 1. The first kappa shape index (κ1) is 20.3. The second kappa shape index (κ2) is 7.54. The van der Waals surface area contributed by atoms with Crippen molar-refractivity contribution in [1.82, 2.24) is 10.2 Å². The lowest BCUT2D eigenvalue weighted by Gasteiger charge is -2.19. The van der Waals surface area contributed by atoms with Crippen LogP contribution < -0.4 is 10.6 Å². The van der Waals surface area contributed by atoms with Crippen molar-refractivity contribution in [3.8, 4) is 0 Å². The maximum atomic E-state index is 12.6. The van der Waals surface area contributed by atoms with Gasteiger partial charge in [-0.25, -0.2) is 9.59 Å². The van der Waals surface area contributed by atoms with Gasteiger partial charge in [0, 0.05) is 4.88 Å². The number of carbonyl (C=O) groups excluding carboxylic acids is 4. The molecule has 9 heteroatoms. The maximum Gasteiger partial charge on any atom is 0.341 e. The molecule has 2 N–H and O–H groups in total. The second-order valence-electron chi connectivity index (χ2n) is 7.60. The summed E-state index contributed by atoms with van der Waals surface area (Å²) in [5.41, 5.74) is 0.323. The van der Waals surface area contributed by atoms with Crippen LogP contribution in [-0.2, 0) is 27.2 Å². The fraction of sp³-hybridized carbons (Fsp3) is 0.579. The lowest BCUT2D eigenvalue weighted by atomic mass is 9.88. The van der Waals surface area contributed by atoms with Gasteiger partial charge in [0.05, 0.1) is 12.7 Å². The number of thiophene rings is 1. The van der Waals surface area contributed by atoms with Gasteiger partial charge in [0.1, 0.15) is 17.1 Å². The van der Waals surface area contributed by atoms with Crippen molar-refractivity contribution in [3.63, 3.8) is 0 Å². The van der Waals surface area contributed by atoms with Crippen LogP contribution in [0.4, 0.5) is 9.80 Å². The van der Waals surface area contributed by atoms with E-state index in [0.29, 0.717) is 22.9 Å². The number of fused-ring (bicyclic) bond motifs is 1. The zero-order chi connectivity index (χ0) is 20.6. The van der Waals surface area contributed by atoms with Crippen LogP contribution in [0.5, 0.6) is 0 Å². The molecule has 0 radical (unpaired) electrons. The van der Waals surface area contributed by atoms with Crippen LogP contribution >= 0.6 is 11.3 Å². The highest BCUT2D eigenvalue weighted by molar-refractivity contribution is 7.17. The normalized spacial score (nSPS) is 24.0. The van der Waals surface area contributed by atoms with Crippen molar-refractivity contribution in [2.45, 2.75) is 52.0 Å². The van der Waals surface area contributed by atoms with Gasteiger partial charge < -0.3 is 15.4 Å². The van der Waals surface area contributed by atoms with E-state index >= 15 is 0 Å². The van der Waals surface area contributed by atoms with Crippen LogP contribution in [-0.4, -0.2) is 47.9 Å². The molecule has 0 spiro atoms. The summed E-state index contributed by atoms with van der Waals surface area (Å²) in [6.07, 6.45) is 3.01. The summed E-state index contributed by atoms with van der Waals surface area (Å²) >= 11 is 1.36. The first-order valence-electron chi connectivity index (χ1n) is 9.37. The lowest BCUT2D eigenvalue weighted by Crippen LogP contribution is -2.44. The van der Waals surface area contributed by atoms with Gasteiger partial charge in [0.25, 0.3) is 5.91 Å². The van der Waals surface area contributed by atoms with E-state index in [1.165, 1.54) is 18.4 Å². The molecule has 2 atom stereocenters. The molecular formula is C19H25N3O5S. The molecule has 152 valence electrons. The molecule has 1 aromatic rings. The summed E-state index contributed by atoms with van der Waals surface area (Å²) in [5.74, 6) is -0.933. The van der Waals surface area contributed by atoms with E-state index in [1.807, 2.05) is 0 Å². The molecule has 3 rings (SSSR count). The molecule has 28 heavy (non-hydrogen) atoms. The minimum absolute atomic E-state index is 0.387. The SMILES string of the molecule is CC[C@@]1(C)NC(=O)N(CC(=O)Nc2sc3c(c2C(=O)OC)CC[C@H](C)C3)C1=O. The van der Waals surface area contributed by atoms with Crippen LogP contribution in [0.25, 0.3) is 0 Å². The summed E-state index contributed by atoms with van der Waals surface area (Å²) < 4.78 is 4.91. The van der Waals surface area contributed by atoms with Gasteiger partial charge >= 0.3 is 12.0 Å². The predicted molar refractivity (Wildman–Crippen MR) is 104 cm³/mol. The van der Waals surface area contributed by atoms with Gasteiger partial charge in [-0.2, -0.15) is 0 Å². The molecule has 1 aliphatic heterocycles. The van der Waals surface area contributed by atoms with Gasteiger partial charge in [0.2, 0.25) is 5.91 Å². The Kier molecular flexibility index (Phi) is 5.47. The zero-order valence-corrected chi connectivity index (χ0v) is 17.3. The van der Waals surface area contributed by atoms with E-state index < -0.39 is 35.9 Å². The Morgan fingerprint density at radius 3 is 2.71 bits per heavy atom. The lowest BCUT2D eigenvalue weighted by molar-refractivity contribution is -0.133. The zero-order valence-electron chi connectivity index (χ0n) is 16.5. The average Bonchev–Trinajstić information content (AvgIpc) is 3.10. The first-order chi connectivity index (χ1) is 13.2. The van der Waals surface area contributed by atoms with Crippen molar-refractivity contribution in [1.29, 1.82) is 0 Å². The molecule has 0 unspecified atom stereocenters. The fourth-order valence-corrected chi connectivity index (χ4v) is 5.01. The highest BCUT2D eigenvalue weighted by Crippen LogP contribution is 2.40. The summed E-state index contributed by atoms with van der Waals surface area (Å²) in [5, 5.41) is 5.75. The van der Waals surface area contributed by atoms with Crippen LogP contribution in [0.2, 0.25) is 0 Å². The predicted octanol–water partition coefficient (Wildman–Crippen LogP) is 2.32. The van der Waals surface area contributed by atoms with Crippen molar-refractivity contribution < 1.29 is 23.9 Å². The maximum absolute atomic E-state index is 12.6. The van der Waals surface area contributed by atoms with Crippen LogP contribution in [0.15, 0.2) is 0 Å². The Morgan fingerprint density at radius 1 is 1.39 bits per heavy atom. The first-order valence-corrected chi connectivity index (χ1v) is 10.2. The Bertz CT molecular complexity index is 849. The highest BCUT2D eigenvalue weighted by atomic mass is 32.1. The summed E-state index contributed by atoms with van der Waals surface area (Å²) in [6.45, 7) is 5.18. The van der Waals surface area contributed by atoms with Gasteiger partial charge in [-0.15, -0.1) is 11.3 Å². The number of esters is 1. The Labute approximate surface area is 167 Å². The molecule has 1 aromatic heterocycles. The molecule has 1 saturated heterocycles. The summed E-state index contributed by atoms with van der Waals surface area (Å²) in [6, 6.07) is -0.586. The number of carbonyl (C=O) groups is 4. The number of nitrogens with one attached hydrogen (secondary N) is 2. The van der Waals surface area contributed by atoms with Crippen LogP contribution in [0, 0.1) is 5.92 Å². The monoisotopic (exact) mass is 407 g/mol. The number of ether oxygens (including phenoxy) is 1. The standard InChI is InChI=1S/C19H25N3O5S/c1-5-19(3)17(25)22(18(26)21-19)9-13(23)20-15-14(16(24)27-4)11-7-6-10(2)8-12(11)28-15/h10H,5-9H2,1-4H3,(H,20,23)(H,21,26)/t10-,19+/m0/s1. The molecule has 0 aromatic carbocycles. The van der Waals surface area contributed by atoms with Gasteiger partial charge in [-0.3, -0.25) is 14.5 Å². The third-order valence-electron chi connectivity index (χ3n) is 5.51. The van der Waals surface area contributed by atoms with Crippen molar-refractivity contribution in [2.24, 2.45) is 5.92 Å². The Hall–Kier alpha value is -2.42. The quantitative estimate of drug-likeness (QED) is 0.576. The number of rotatable bonds is 5. The van der Waals surface area contributed by atoms with Crippen molar-refractivity contribution >= 4 is 40.2 Å². The van der Waals surface area contributed by atoms with E-state index in [4.69, 9.17) is 4.74 Å². The largest absolute Gasteiger partial charge is 0.465 e. The molecule has 8 nitrogen and oxygen atoms in total. The van der Waals surface area contributed by atoms with E-state index in [1.54, 1.807) is 13.8 Å². The minimum atomic E-state index is -0.993. The van der Waals surface area contributed by atoms with E-state index in [0.717, 1.165) is 34.6 Å². The average molecular weight is 407 g/mol. The number of hydrogen-bond acceptors (Lipinski definition) is 6. The summed E-state index contributed by atoms with van der Waals surface area (Å²) in [7, 11) is 1.31.